The molecule has 3 aromatic carbocycles. The molecule has 1 N–H and O–H groups in total. The molecular formula is C26H26ClN3O. The Balaban J connectivity index is 1.50. The predicted molar refractivity (Wildman–Crippen MR) is 130 cm³/mol. The van der Waals surface area contributed by atoms with Crippen molar-refractivity contribution in [1.29, 1.82) is 0 Å². The number of ether oxygens (including phenoxy) is 1. The van der Waals surface area contributed by atoms with Gasteiger partial charge in [0.1, 0.15) is 5.75 Å². The number of halogens is 1. The summed E-state index contributed by atoms with van der Waals surface area (Å²) >= 11 is 6.24. The van der Waals surface area contributed by atoms with Crippen LogP contribution in [0, 0.1) is 0 Å². The number of benzene rings is 3. The van der Waals surface area contributed by atoms with E-state index in [4.69, 9.17) is 21.3 Å². The third kappa shape index (κ3) is 4.32. The molecule has 2 heterocycles. The van der Waals surface area contributed by atoms with Crippen LogP contribution in [0.3, 0.4) is 0 Å². The summed E-state index contributed by atoms with van der Waals surface area (Å²) in [4.78, 5) is 7.36. The molecule has 0 bridgehead atoms. The second kappa shape index (κ2) is 8.74. The molecule has 5 rings (SSSR count). The van der Waals surface area contributed by atoms with Crippen LogP contribution in [-0.4, -0.2) is 30.1 Å². The molecule has 0 amide bonds. The number of piperidine rings is 1. The van der Waals surface area contributed by atoms with Gasteiger partial charge in [0, 0.05) is 28.0 Å². The first-order valence-electron chi connectivity index (χ1n) is 10.8. The number of aromatic nitrogens is 1. The summed E-state index contributed by atoms with van der Waals surface area (Å²) in [6.07, 6.45) is 3.99. The summed E-state index contributed by atoms with van der Waals surface area (Å²) in [5, 5.41) is 6.37. The van der Waals surface area contributed by atoms with Crippen LogP contribution in [0.1, 0.15) is 24.8 Å². The summed E-state index contributed by atoms with van der Waals surface area (Å²) in [5.41, 5.74) is 5.19. The first kappa shape index (κ1) is 20.1. The highest BCUT2D eigenvalue weighted by molar-refractivity contribution is 6.31. The van der Waals surface area contributed by atoms with E-state index in [1.54, 1.807) is 7.11 Å². The number of hydrogen-bond acceptors (Lipinski definition) is 4. The summed E-state index contributed by atoms with van der Waals surface area (Å²) in [6, 6.07) is 20.6. The average Bonchev–Trinajstić information content (AvgIpc) is 2.80. The molecule has 1 aliphatic rings. The first-order chi connectivity index (χ1) is 15.2. The van der Waals surface area contributed by atoms with Crippen LogP contribution >= 0.6 is 11.6 Å². The van der Waals surface area contributed by atoms with Gasteiger partial charge in [-0.2, -0.15) is 0 Å². The van der Waals surface area contributed by atoms with Crippen LogP contribution < -0.4 is 10.1 Å². The fourth-order valence-electron chi connectivity index (χ4n) is 4.37. The maximum Gasteiger partial charge on any atom is 0.119 e. The molecule has 4 nitrogen and oxygen atoms in total. The van der Waals surface area contributed by atoms with E-state index in [2.05, 4.69) is 34.5 Å². The molecule has 158 valence electrons. The normalized spacial score (nSPS) is 14.8. The number of anilines is 2. The smallest absolute Gasteiger partial charge is 0.119 e. The predicted octanol–water partition coefficient (Wildman–Crippen LogP) is 6.78. The van der Waals surface area contributed by atoms with Crippen molar-refractivity contribution in [3.63, 3.8) is 0 Å². The topological polar surface area (TPSA) is 37.4 Å². The lowest BCUT2D eigenvalue weighted by molar-refractivity contribution is 0.221. The maximum atomic E-state index is 6.24. The Hall–Kier alpha value is -2.82. The number of methoxy groups -OCH3 is 1. The van der Waals surface area contributed by atoms with Crippen LogP contribution in [0.25, 0.3) is 21.8 Å². The van der Waals surface area contributed by atoms with Crippen molar-refractivity contribution in [2.75, 3.05) is 25.5 Å². The first-order valence-corrected chi connectivity index (χ1v) is 11.2. The van der Waals surface area contributed by atoms with E-state index >= 15 is 0 Å². The van der Waals surface area contributed by atoms with Gasteiger partial charge < -0.3 is 10.1 Å². The van der Waals surface area contributed by atoms with Gasteiger partial charge >= 0.3 is 0 Å². The Kier molecular flexibility index (Phi) is 5.66. The third-order valence-electron chi connectivity index (χ3n) is 6.02. The summed E-state index contributed by atoms with van der Waals surface area (Å²) < 4.78 is 5.47. The summed E-state index contributed by atoms with van der Waals surface area (Å²) in [6.45, 7) is 3.44. The zero-order valence-corrected chi connectivity index (χ0v) is 18.5. The zero-order chi connectivity index (χ0) is 21.2. The fourth-order valence-corrected chi connectivity index (χ4v) is 4.54. The molecule has 0 aliphatic carbocycles. The molecule has 0 saturated carbocycles. The van der Waals surface area contributed by atoms with Gasteiger partial charge in [0.15, 0.2) is 0 Å². The van der Waals surface area contributed by atoms with Crippen molar-refractivity contribution in [3.8, 4) is 5.75 Å². The molecule has 4 aromatic rings. The van der Waals surface area contributed by atoms with Crippen LogP contribution in [0.4, 0.5) is 11.4 Å². The molecule has 1 aromatic heterocycles. The van der Waals surface area contributed by atoms with E-state index in [0.29, 0.717) is 5.02 Å². The lowest BCUT2D eigenvalue weighted by atomic mass is 10.1. The summed E-state index contributed by atoms with van der Waals surface area (Å²) in [5.74, 6) is 0.808. The molecule has 5 heteroatoms. The molecule has 1 aliphatic heterocycles. The molecule has 0 radical (unpaired) electrons. The van der Waals surface area contributed by atoms with E-state index in [9.17, 15) is 0 Å². The van der Waals surface area contributed by atoms with Gasteiger partial charge in [0.25, 0.3) is 0 Å². The average molecular weight is 432 g/mol. The third-order valence-corrected chi connectivity index (χ3v) is 6.26. The van der Waals surface area contributed by atoms with Crippen molar-refractivity contribution in [1.82, 2.24) is 9.88 Å². The molecule has 1 saturated heterocycles. The number of pyridine rings is 1. The standard InChI is InChI=1S/C26H26ClN3O/c1-31-21-10-12-24-23(16-21)26(22-11-7-19(27)15-25(22)29-24)28-20-8-5-18(6-9-20)17-30-13-3-2-4-14-30/h5-12,15-16H,2-4,13-14,17H2,1H3,(H,28,29). The van der Waals surface area contributed by atoms with Crippen molar-refractivity contribution < 1.29 is 4.74 Å². The lowest BCUT2D eigenvalue weighted by Crippen LogP contribution is -2.29. The number of fused-ring (bicyclic) bond motifs is 2. The van der Waals surface area contributed by atoms with E-state index in [1.165, 1.54) is 37.9 Å². The minimum absolute atomic E-state index is 0.681. The van der Waals surface area contributed by atoms with E-state index in [-0.39, 0.29) is 0 Å². The van der Waals surface area contributed by atoms with Gasteiger partial charge in [0.2, 0.25) is 0 Å². The van der Waals surface area contributed by atoms with Gasteiger partial charge in [-0.15, -0.1) is 0 Å². The number of likely N-dealkylation sites (tertiary alicyclic amines) is 1. The molecule has 0 spiro atoms. The molecular weight excluding hydrogens is 406 g/mol. The highest BCUT2D eigenvalue weighted by atomic mass is 35.5. The highest BCUT2D eigenvalue weighted by Crippen LogP contribution is 2.36. The Bertz CT molecular complexity index is 1220. The number of nitrogens with zero attached hydrogens (tertiary/aromatic N) is 2. The van der Waals surface area contributed by atoms with E-state index in [0.717, 1.165) is 45.5 Å². The van der Waals surface area contributed by atoms with E-state index in [1.807, 2.05) is 36.4 Å². The summed E-state index contributed by atoms with van der Waals surface area (Å²) in [7, 11) is 1.68. The molecule has 0 unspecified atom stereocenters. The number of nitrogens with one attached hydrogen (secondary N) is 1. The largest absolute Gasteiger partial charge is 0.497 e. The Morgan fingerprint density at radius 3 is 2.48 bits per heavy atom. The quantitative estimate of drug-likeness (QED) is 0.353. The van der Waals surface area contributed by atoms with Crippen molar-refractivity contribution in [2.24, 2.45) is 0 Å². The monoisotopic (exact) mass is 431 g/mol. The van der Waals surface area contributed by atoms with Gasteiger partial charge in [0.05, 0.1) is 23.8 Å². The lowest BCUT2D eigenvalue weighted by Gasteiger charge is -2.26. The minimum atomic E-state index is 0.681. The van der Waals surface area contributed by atoms with Gasteiger partial charge in [-0.1, -0.05) is 30.2 Å². The molecule has 1 fully saturated rings. The number of rotatable bonds is 5. The van der Waals surface area contributed by atoms with Crippen LogP contribution in [-0.2, 0) is 6.54 Å². The van der Waals surface area contributed by atoms with E-state index < -0.39 is 0 Å². The van der Waals surface area contributed by atoms with Gasteiger partial charge in [-0.25, -0.2) is 4.98 Å². The Morgan fingerprint density at radius 2 is 1.71 bits per heavy atom. The SMILES string of the molecule is COc1ccc2nc3cc(Cl)ccc3c(Nc3ccc(CN4CCCCC4)cc3)c2c1. The van der Waals surface area contributed by atoms with Gasteiger partial charge in [-0.3, -0.25) is 4.90 Å². The minimum Gasteiger partial charge on any atom is -0.497 e. The fraction of sp³-hybridized carbons (Fsp3) is 0.269. The zero-order valence-electron chi connectivity index (χ0n) is 17.7. The second-order valence-electron chi connectivity index (χ2n) is 8.19. The van der Waals surface area contributed by atoms with Crippen LogP contribution in [0.2, 0.25) is 5.02 Å². The van der Waals surface area contributed by atoms with Crippen molar-refractivity contribution in [2.45, 2.75) is 25.8 Å². The van der Waals surface area contributed by atoms with Crippen molar-refractivity contribution in [3.05, 3.63) is 71.2 Å². The molecule has 0 atom stereocenters. The van der Waals surface area contributed by atoms with Gasteiger partial charge in [-0.05, 0) is 80.0 Å². The second-order valence-corrected chi connectivity index (χ2v) is 8.63. The molecule has 31 heavy (non-hydrogen) atoms. The number of hydrogen-bond donors (Lipinski definition) is 1. The van der Waals surface area contributed by atoms with Crippen molar-refractivity contribution >= 4 is 44.8 Å². The highest BCUT2D eigenvalue weighted by Gasteiger charge is 2.13. The van der Waals surface area contributed by atoms with Crippen LogP contribution in [0.15, 0.2) is 60.7 Å². The Morgan fingerprint density at radius 1 is 0.903 bits per heavy atom. The maximum absolute atomic E-state index is 6.24. The Labute approximate surface area is 187 Å². The van der Waals surface area contributed by atoms with Crippen LogP contribution in [0.5, 0.6) is 5.75 Å².